The topological polar surface area (TPSA) is 26.0 Å². The molecule has 14 heavy (non-hydrogen) atoms. The molecule has 0 unspecified atom stereocenters. The molecule has 78 valence electrons. The largest absolute Gasteiger partial charge is 0.324 e. The second-order valence-corrected chi connectivity index (χ2v) is 3.94. The van der Waals surface area contributed by atoms with Crippen LogP contribution in [0.1, 0.15) is 24.4 Å². The average Bonchev–Trinajstić information content (AvgIpc) is 2.14. The van der Waals surface area contributed by atoms with Gasteiger partial charge in [-0.1, -0.05) is 34.1 Å². The van der Waals surface area contributed by atoms with Crippen LogP contribution in [0, 0.1) is 0 Å². The van der Waals surface area contributed by atoms with Gasteiger partial charge in [-0.05, 0) is 30.5 Å². The minimum absolute atomic E-state index is 0. The fourth-order valence-corrected chi connectivity index (χ4v) is 1.62. The summed E-state index contributed by atoms with van der Waals surface area (Å²) >= 11 is 3.42. The van der Waals surface area contributed by atoms with E-state index in [1.165, 1.54) is 5.56 Å². The molecule has 1 aromatic carbocycles. The predicted octanol–water partition coefficient (Wildman–Crippen LogP) is 3.84. The highest BCUT2D eigenvalue weighted by Crippen LogP contribution is 2.19. The summed E-state index contributed by atoms with van der Waals surface area (Å²) in [6, 6.07) is 8.25. The molecule has 1 aromatic rings. The highest BCUT2D eigenvalue weighted by Gasteiger charge is 2.04. The Bertz CT molecular complexity index is 288. The molecule has 0 spiro atoms. The molecule has 0 saturated carbocycles. The zero-order valence-electron chi connectivity index (χ0n) is 7.95. The van der Waals surface area contributed by atoms with Gasteiger partial charge in [0, 0.05) is 10.5 Å². The summed E-state index contributed by atoms with van der Waals surface area (Å²) in [5.74, 6) is 0. The first-order valence-electron chi connectivity index (χ1n) is 4.36. The van der Waals surface area contributed by atoms with Crippen molar-refractivity contribution in [3.05, 3.63) is 47.0 Å². The highest BCUT2D eigenvalue weighted by atomic mass is 79.9. The van der Waals surface area contributed by atoms with Crippen LogP contribution in [0.2, 0.25) is 0 Å². The molecule has 1 rings (SSSR count). The van der Waals surface area contributed by atoms with Crippen molar-refractivity contribution in [2.75, 3.05) is 0 Å². The third-order valence-electron chi connectivity index (χ3n) is 1.96. The molecule has 0 amide bonds. The normalized spacial score (nSPS) is 11.6. The van der Waals surface area contributed by atoms with E-state index >= 15 is 0 Å². The molecular weight excluding hydrogens is 261 g/mol. The molecule has 2 N–H and O–H groups in total. The van der Waals surface area contributed by atoms with E-state index in [0.29, 0.717) is 0 Å². The number of rotatable bonds is 4. The Morgan fingerprint density at radius 2 is 2.21 bits per heavy atom. The van der Waals surface area contributed by atoms with Gasteiger partial charge in [0.05, 0.1) is 0 Å². The standard InChI is InChI=1S/C11H14BrN.ClH/c1-2-3-7-11(13)9-5-4-6-10(12)8-9;/h2,4-6,8,11H,1,3,7,13H2;1H/t11-;/m1./s1. The van der Waals surface area contributed by atoms with Gasteiger partial charge in [0.25, 0.3) is 0 Å². The average molecular weight is 277 g/mol. The van der Waals surface area contributed by atoms with Crippen LogP contribution in [-0.4, -0.2) is 0 Å². The summed E-state index contributed by atoms with van der Waals surface area (Å²) in [5, 5.41) is 0. The smallest absolute Gasteiger partial charge is 0.0298 e. The van der Waals surface area contributed by atoms with E-state index in [1.807, 2.05) is 18.2 Å². The minimum atomic E-state index is 0. The Kier molecular flexibility index (Phi) is 6.89. The van der Waals surface area contributed by atoms with Crippen LogP contribution in [0.3, 0.4) is 0 Å². The monoisotopic (exact) mass is 275 g/mol. The summed E-state index contributed by atoms with van der Waals surface area (Å²) in [5.41, 5.74) is 7.16. The Hall–Kier alpha value is -0.310. The fraction of sp³-hybridized carbons (Fsp3) is 0.273. The summed E-state index contributed by atoms with van der Waals surface area (Å²) < 4.78 is 1.08. The molecule has 1 atom stereocenters. The number of hydrogen-bond donors (Lipinski definition) is 1. The van der Waals surface area contributed by atoms with Crippen LogP contribution >= 0.6 is 28.3 Å². The van der Waals surface area contributed by atoms with Crippen molar-refractivity contribution in [2.45, 2.75) is 18.9 Å². The predicted molar refractivity (Wildman–Crippen MR) is 67.7 cm³/mol. The molecular formula is C11H15BrClN. The van der Waals surface area contributed by atoms with Crippen molar-refractivity contribution in [3.8, 4) is 0 Å². The van der Waals surface area contributed by atoms with E-state index in [4.69, 9.17) is 5.73 Å². The summed E-state index contributed by atoms with van der Waals surface area (Å²) in [7, 11) is 0. The number of benzene rings is 1. The summed E-state index contributed by atoms with van der Waals surface area (Å²) in [6.45, 7) is 3.68. The lowest BCUT2D eigenvalue weighted by Gasteiger charge is -2.10. The van der Waals surface area contributed by atoms with E-state index in [1.54, 1.807) is 0 Å². The van der Waals surface area contributed by atoms with Gasteiger partial charge < -0.3 is 5.73 Å². The van der Waals surface area contributed by atoms with E-state index in [9.17, 15) is 0 Å². The lowest BCUT2D eigenvalue weighted by molar-refractivity contribution is 0.661. The fourth-order valence-electron chi connectivity index (χ4n) is 1.20. The lowest BCUT2D eigenvalue weighted by atomic mass is 10.0. The molecule has 0 aliphatic heterocycles. The maximum atomic E-state index is 5.98. The van der Waals surface area contributed by atoms with Crippen molar-refractivity contribution >= 4 is 28.3 Å². The molecule has 3 heteroatoms. The molecule has 0 heterocycles. The Morgan fingerprint density at radius 1 is 1.50 bits per heavy atom. The Balaban J connectivity index is 0.00000169. The first kappa shape index (κ1) is 13.7. The maximum absolute atomic E-state index is 5.98. The second-order valence-electron chi connectivity index (χ2n) is 3.03. The van der Waals surface area contributed by atoms with Crippen LogP contribution in [0.4, 0.5) is 0 Å². The van der Waals surface area contributed by atoms with Crippen LogP contribution in [0.15, 0.2) is 41.4 Å². The van der Waals surface area contributed by atoms with E-state index in [0.717, 1.165) is 17.3 Å². The van der Waals surface area contributed by atoms with Gasteiger partial charge in [0.1, 0.15) is 0 Å². The quantitative estimate of drug-likeness (QED) is 0.831. The minimum Gasteiger partial charge on any atom is -0.324 e. The van der Waals surface area contributed by atoms with Crippen LogP contribution in [0.5, 0.6) is 0 Å². The van der Waals surface area contributed by atoms with Gasteiger partial charge in [-0.3, -0.25) is 0 Å². The van der Waals surface area contributed by atoms with Crippen molar-refractivity contribution in [3.63, 3.8) is 0 Å². The van der Waals surface area contributed by atoms with Crippen molar-refractivity contribution < 1.29 is 0 Å². The lowest BCUT2D eigenvalue weighted by Crippen LogP contribution is -2.09. The zero-order valence-corrected chi connectivity index (χ0v) is 10.4. The van der Waals surface area contributed by atoms with Gasteiger partial charge in [-0.25, -0.2) is 0 Å². The van der Waals surface area contributed by atoms with Crippen molar-refractivity contribution in [1.29, 1.82) is 0 Å². The second kappa shape index (κ2) is 7.04. The highest BCUT2D eigenvalue weighted by molar-refractivity contribution is 9.10. The first-order valence-corrected chi connectivity index (χ1v) is 5.15. The van der Waals surface area contributed by atoms with E-state index in [2.05, 4.69) is 34.6 Å². The third kappa shape index (κ3) is 4.27. The summed E-state index contributed by atoms with van der Waals surface area (Å²) in [4.78, 5) is 0. The van der Waals surface area contributed by atoms with Crippen LogP contribution in [-0.2, 0) is 0 Å². The van der Waals surface area contributed by atoms with Crippen molar-refractivity contribution in [1.82, 2.24) is 0 Å². The van der Waals surface area contributed by atoms with Gasteiger partial charge in [0.2, 0.25) is 0 Å². The van der Waals surface area contributed by atoms with Gasteiger partial charge in [-0.2, -0.15) is 0 Å². The maximum Gasteiger partial charge on any atom is 0.0298 e. The van der Waals surface area contributed by atoms with E-state index in [-0.39, 0.29) is 18.4 Å². The first-order chi connectivity index (χ1) is 6.24. The van der Waals surface area contributed by atoms with Gasteiger partial charge >= 0.3 is 0 Å². The zero-order chi connectivity index (χ0) is 9.68. The summed E-state index contributed by atoms with van der Waals surface area (Å²) in [6.07, 6.45) is 3.82. The molecule has 0 bridgehead atoms. The molecule has 0 aliphatic rings. The molecule has 1 nitrogen and oxygen atoms in total. The van der Waals surface area contributed by atoms with Crippen LogP contribution in [0.25, 0.3) is 0 Å². The van der Waals surface area contributed by atoms with E-state index < -0.39 is 0 Å². The van der Waals surface area contributed by atoms with Crippen LogP contribution < -0.4 is 5.73 Å². The SMILES string of the molecule is C=CCC[C@@H](N)c1cccc(Br)c1.Cl. The number of nitrogens with two attached hydrogens (primary N) is 1. The van der Waals surface area contributed by atoms with Gasteiger partial charge in [-0.15, -0.1) is 19.0 Å². The molecule has 0 aromatic heterocycles. The Labute approximate surface area is 99.9 Å². The molecule has 0 saturated heterocycles. The number of allylic oxidation sites excluding steroid dienone is 1. The molecule has 0 radical (unpaired) electrons. The number of halogens is 2. The Morgan fingerprint density at radius 3 is 2.79 bits per heavy atom. The molecule has 0 fully saturated rings. The van der Waals surface area contributed by atoms with Crippen molar-refractivity contribution in [2.24, 2.45) is 5.73 Å². The van der Waals surface area contributed by atoms with Gasteiger partial charge in [0.15, 0.2) is 0 Å². The molecule has 0 aliphatic carbocycles. The third-order valence-corrected chi connectivity index (χ3v) is 2.45. The number of hydrogen-bond acceptors (Lipinski definition) is 1.